The topological polar surface area (TPSA) is 50.9 Å². The summed E-state index contributed by atoms with van der Waals surface area (Å²) in [5.74, 6) is -4.53. The number of hydrogen-bond donors (Lipinski definition) is 1. The average Bonchev–Trinajstić information content (AvgIpc) is 3.74. The number of imidazole rings is 1. The Kier molecular flexibility index (Phi) is 7.83. The zero-order valence-electron chi connectivity index (χ0n) is 54.7. The van der Waals surface area contributed by atoms with Gasteiger partial charge in [-0.3, -0.25) is 9.55 Å². The third-order valence-electron chi connectivity index (χ3n) is 11.2. The van der Waals surface area contributed by atoms with E-state index in [0.29, 0.717) is 44.4 Å². The van der Waals surface area contributed by atoms with Gasteiger partial charge in [0, 0.05) is 48.0 Å². The Balaban J connectivity index is 0.00000946. The second-order valence-electron chi connectivity index (χ2n) is 17.3. The van der Waals surface area contributed by atoms with E-state index in [1.54, 1.807) is 67.8 Å². The number of fused-ring (bicyclic) bond motifs is 1. The normalized spacial score (nSPS) is 16.9. The number of pyridine rings is 1. The Morgan fingerprint density at radius 1 is 0.762 bits per heavy atom. The zero-order chi connectivity index (χ0) is 59.6. The molecule has 6 aromatic carbocycles. The molecule has 324 valence electrons. The molecule has 0 saturated carbocycles. The number of phenolic OH excluding ortho intramolecular Hbond substituents is 1. The number of hydrogen-bond acceptors (Lipinski definition) is 3. The SMILES string of the molecule is [2H]c1nc(-c2[c-]c(-c3cccc4c3nc(-c3cc(C)cc(C)c3O)n4-c3ccc(-c4c(C(C)C)cccc4C([2H])(C)C)cc3C([2H])([2H])[2H])cc(C(C)(C)C)c2)c([2H])c(-c2c([2H])c([2H])c(C([2H])(C([2H])([2H])[2H])C([2H])([2H])[2H])c([2H])c2[2H])c1[2H].[Pt]. The third-order valence-corrected chi connectivity index (χ3v) is 11.2. The largest absolute Gasteiger partial charge is 0.507 e. The van der Waals surface area contributed by atoms with E-state index in [2.05, 4.69) is 11.1 Å². The summed E-state index contributed by atoms with van der Waals surface area (Å²) in [6.07, 6.45) is -0.745. The van der Waals surface area contributed by atoms with Crippen LogP contribution in [0.4, 0.5) is 0 Å². The van der Waals surface area contributed by atoms with E-state index >= 15 is 0 Å². The van der Waals surface area contributed by atoms with E-state index in [9.17, 15) is 6.48 Å². The minimum Gasteiger partial charge on any atom is -0.507 e. The van der Waals surface area contributed by atoms with Gasteiger partial charge in [0.15, 0.2) is 0 Å². The number of aromatic nitrogens is 3. The summed E-state index contributed by atoms with van der Waals surface area (Å²) in [5.41, 5.74) is 3.78. The molecule has 0 radical (unpaired) electrons. The molecule has 2 heterocycles. The molecule has 0 saturated heterocycles. The van der Waals surface area contributed by atoms with Crippen molar-refractivity contribution in [2.24, 2.45) is 0 Å². The van der Waals surface area contributed by atoms with Gasteiger partial charge in [0.1, 0.15) is 11.6 Å². The van der Waals surface area contributed by atoms with E-state index in [0.717, 1.165) is 22.3 Å². The molecule has 4 nitrogen and oxygen atoms in total. The average molecular weight is 1030 g/mol. The maximum atomic E-state index is 11.9. The van der Waals surface area contributed by atoms with E-state index in [-0.39, 0.29) is 61.1 Å². The summed E-state index contributed by atoms with van der Waals surface area (Å²) >= 11 is 0. The molecule has 0 aliphatic rings. The van der Waals surface area contributed by atoms with Gasteiger partial charge < -0.3 is 5.11 Å². The predicted molar refractivity (Wildman–Crippen MR) is 262 cm³/mol. The summed E-state index contributed by atoms with van der Waals surface area (Å²) in [6, 6.07) is 20.9. The number of para-hydroxylation sites is 1. The van der Waals surface area contributed by atoms with Gasteiger partial charge in [0.2, 0.25) is 0 Å². The van der Waals surface area contributed by atoms with Gasteiger partial charge in [-0.15, -0.1) is 29.3 Å². The van der Waals surface area contributed by atoms with Crippen LogP contribution >= 0.6 is 0 Å². The summed E-state index contributed by atoms with van der Waals surface area (Å²) in [7, 11) is 0. The molecule has 8 aromatic rings. The Labute approximate surface area is 415 Å². The number of phenols is 1. The van der Waals surface area contributed by atoms with E-state index in [1.807, 2.05) is 77.9 Å². The van der Waals surface area contributed by atoms with E-state index < -0.39 is 96.9 Å². The Bertz CT molecular complexity index is 3780. The fraction of sp³-hybridized carbons (Fsp3) is 0.276. The molecular weight excluding hydrogens is 950 g/mol. The van der Waals surface area contributed by atoms with Crippen molar-refractivity contribution in [1.82, 2.24) is 14.5 Å². The van der Waals surface area contributed by atoms with Crippen LogP contribution < -0.4 is 0 Å². The molecule has 0 amide bonds. The minimum absolute atomic E-state index is 0. The van der Waals surface area contributed by atoms with Crippen LogP contribution in [0.2, 0.25) is 0 Å². The van der Waals surface area contributed by atoms with E-state index in [4.69, 9.17) is 28.3 Å². The van der Waals surface area contributed by atoms with Crippen LogP contribution in [0.1, 0.15) is 143 Å². The van der Waals surface area contributed by atoms with Crippen molar-refractivity contribution in [2.75, 3.05) is 0 Å². The third kappa shape index (κ3) is 8.85. The molecule has 1 N–H and O–H groups in total. The monoisotopic (exact) mass is 1030 g/mol. The summed E-state index contributed by atoms with van der Waals surface area (Å²) in [6.45, 7) is 7.02. The van der Waals surface area contributed by atoms with Crippen LogP contribution in [-0.4, -0.2) is 19.6 Å². The Hall–Kier alpha value is -5.57. The minimum atomic E-state index is -3.67. The first-order chi connectivity index (χ1) is 36.7. The smallest absolute Gasteiger partial charge is 0.148 e. The van der Waals surface area contributed by atoms with Crippen molar-refractivity contribution in [3.63, 3.8) is 0 Å². The molecular formula is C58H60N3OPt-. The number of nitrogens with zero attached hydrogens (tertiary/aromatic N) is 3. The van der Waals surface area contributed by atoms with Crippen LogP contribution in [0.15, 0.2) is 121 Å². The Morgan fingerprint density at radius 3 is 2.19 bits per heavy atom. The number of aromatic hydroxyl groups is 1. The van der Waals surface area contributed by atoms with Gasteiger partial charge in [0.25, 0.3) is 0 Å². The molecule has 0 atom stereocenters. The van der Waals surface area contributed by atoms with Crippen molar-refractivity contribution < 1.29 is 50.8 Å². The van der Waals surface area contributed by atoms with Crippen molar-refractivity contribution in [3.8, 4) is 67.5 Å². The molecule has 0 bridgehead atoms. The molecule has 63 heavy (non-hydrogen) atoms. The standard InChI is InChI=1S/C58H60N3O.Pt/c1-34(2)40-19-21-41(22-20-40)42-25-26-59-51(33-42)45-30-44(31-46(32-45)58(10,11)12)49-17-14-18-53-55(49)60-57(50-28-37(7)27-39(9)56(50)62)61(53)52-24-23-43(29-38(52)8)54-47(35(3)4)15-13-16-48(54)36(5)6;/h13-29,31-36,62H,1-12H3;/q-1;/i1D3,2D3,8D3,19D,20D,21D,22D,25D,26D,33D,34D,35D;. The van der Waals surface area contributed by atoms with Crippen molar-refractivity contribution in [3.05, 3.63) is 166 Å². The van der Waals surface area contributed by atoms with Crippen molar-refractivity contribution >= 4 is 11.0 Å². The van der Waals surface area contributed by atoms with Gasteiger partial charge >= 0.3 is 0 Å². The molecule has 0 unspecified atom stereocenters. The van der Waals surface area contributed by atoms with Crippen molar-refractivity contribution in [2.45, 2.75) is 106 Å². The summed E-state index contributed by atoms with van der Waals surface area (Å²) < 4.78 is 158. The summed E-state index contributed by atoms with van der Waals surface area (Å²) in [4.78, 5) is 9.60. The van der Waals surface area contributed by atoms with Gasteiger partial charge in [-0.1, -0.05) is 146 Å². The number of aryl methyl sites for hydroxylation is 3. The van der Waals surface area contributed by atoms with Gasteiger partial charge in [-0.2, -0.15) is 0 Å². The zero-order valence-corrected chi connectivity index (χ0v) is 39.0. The van der Waals surface area contributed by atoms with Crippen LogP contribution in [0.3, 0.4) is 0 Å². The van der Waals surface area contributed by atoms with Crippen LogP contribution in [0.25, 0.3) is 72.7 Å². The quantitative estimate of drug-likeness (QED) is 0.147. The number of rotatable bonds is 9. The van der Waals surface area contributed by atoms with Crippen LogP contribution in [0.5, 0.6) is 5.75 Å². The molecule has 0 aliphatic heterocycles. The predicted octanol–water partition coefficient (Wildman–Crippen LogP) is 15.9. The fourth-order valence-electron chi connectivity index (χ4n) is 7.96. The van der Waals surface area contributed by atoms with Crippen LogP contribution in [-0.2, 0) is 26.5 Å². The molecule has 0 aliphatic carbocycles. The van der Waals surface area contributed by atoms with Crippen molar-refractivity contribution in [1.29, 1.82) is 0 Å². The first-order valence-electron chi connectivity index (χ1n) is 29.5. The first kappa shape index (κ1) is 27.6. The molecule has 8 rings (SSSR count). The van der Waals surface area contributed by atoms with Gasteiger partial charge in [-0.25, -0.2) is 4.98 Å². The van der Waals surface area contributed by atoms with Crippen LogP contribution in [0, 0.1) is 26.8 Å². The fourth-order valence-corrected chi connectivity index (χ4v) is 7.96. The van der Waals surface area contributed by atoms with Gasteiger partial charge in [0.05, 0.1) is 31.9 Å². The maximum absolute atomic E-state index is 11.9. The molecule has 0 spiro atoms. The second kappa shape index (κ2) is 17.9. The maximum Gasteiger partial charge on any atom is 0.148 e. The first-order valence-corrected chi connectivity index (χ1v) is 20.5. The molecule has 5 heteroatoms. The Morgan fingerprint density at radius 2 is 1.49 bits per heavy atom. The number of benzene rings is 6. The second-order valence-corrected chi connectivity index (χ2v) is 17.3. The summed E-state index contributed by atoms with van der Waals surface area (Å²) in [5, 5.41) is 11.9. The van der Waals surface area contributed by atoms with Gasteiger partial charge in [-0.05, 0) is 130 Å². The molecule has 0 fully saturated rings. The van der Waals surface area contributed by atoms with E-state index in [1.165, 1.54) is 0 Å². The molecule has 2 aromatic heterocycles.